The van der Waals surface area contributed by atoms with E-state index in [2.05, 4.69) is 10.1 Å². The van der Waals surface area contributed by atoms with Crippen LogP contribution >= 0.6 is 0 Å². The van der Waals surface area contributed by atoms with Crippen molar-refractivity contribution in [3.8, 4) is 6.07 Å². The molecule has 2 heterocycles. The van der Waals surface area contributed by atoms with Gasteiger partial charge in [-0.05, 0) is 30.5 Å². The molecule has 0 unspecified atom stereocenters. The first-order valence-corrected chi connectivity index (χ1v) is 6.75. The van der Waals surface area contributed by atoms with Gasteiger partial charge >= 0.3 is 0 Å². The van der Waals surface area contributed by atoms with Gasteiger partial charge in [-0.1, -0.05) is 19.9 Å². The summed E-state index contributed by atoms with van der Waals surface area (Å²) in [6.07, 6.45) is 1.20. The molecule has 2 aromatic rings. The summed E-state index contributed by atoms with van der Waals surface area (Å²) in [6, 6.07) is 6.33. The third-order valence-electron chi connectivity index (χ3n) is 3.22. The molecule has 0 fully saturated rings. The SMILES string of the molecule is CCc1nn(Cc2cccc(F)n2)c(=O)c(C#N)c1CC. The van der Waals surface area contributed by atoms with Crippen LogP contribution in [0.2, 0.25) is 0 Å². The summed E-state index contributed by atoms with van der Waals surface area (Å²) < 4.78 is 14.3. The fraction of sp³-hybridized carbons (Fsp3) is 0.333. The van der Waals surface area contributed by atoms with E-state index in [1.807, 2.05) is 19.9 Å². The second kappa shape index (κ2) is 6.27. The number of aromatic nitrogens is 3. The van der Waals surface area contributed by atoms with E-state index in [1.54, 1.807) is 6.07 Å². The van der Waals surface area contributed by atoms with E-state index in [1.165, 1.54) is 16.8 Å². The molecule has 0 radical (unpaired) electrons. The monoisotopic (exact) mass is 286 g/mol. The summed E-state index contributed by atoms with van der Waals surface area (Å²) in [5.74, 6) is -0.609. The Morgan fingerprint density at radius 1 is 1.33 bits per heavy atom. The lowest BCUT2D eigenvalue weighted by atomic mass is 10.0. The first kappa shape index (κ1) is 14.9. The van der Waals surface area contributed by atoms with E-state index in [9.17, 15) is 14.4 Å². The Morgan fingerprint density at radius 2 is 2.10 bits per heavy atom. The zero-order chi connectivity index (χ0) is 15.4. The predicted octanol–water partition coefficient (Wildman–Crippen LogP) is 1.82. The number of hydrogen-bond acceptors (Lipinski definition) is 4. The van der Waals surface area contributed by atoms with Crippen molar-refractivity contribution in [2.24, 2.45) is 0 Å². The molecule has 0 amide bonds. The molecule has 0 saturated heterocycles. The lowest BCUT2D eigenvalue weighted by molar-refractivity contribution is 0.555. The second-order valence-corrected chi connectivity index (χ2v) is 4.53. The number of hydrogen-bond donors (Lipinski definition) is 0. The molecule has 0 aliphatic heterocycles. The zero-order valence-electron chi connectivity index (χ0n) is 11.9. The Labute approximate surface area is 121 Å². The number of nitrogens with zero attached hydrogens (tertiary/aromatic N) is 4. The van der Waals surface area contributed by atoms with Crippen LogP contribution in [0.25, 0.3) is 0 Å². The van der Waals surface area contributed by atoms with Gasteiger partial charge in [-0.3, -0.25) is 4.79 Å². The Kier molecular flexibility index (Phi) is 4.43. The molecular formula is C15H15FN4O. The fourth-order valence-corrected chi connectivity index (χ4v) is 2.23. The van der Waals surface area contributed by atoms with Crippen molar-refractivity contribution >= 4 is 0 Å². The van der Waals surface area contributed by atoms with Crippen LogP contribution in [0.1, 0.15) is 36.4 Å². The maximum absolute atomic E-state index is 13.1. The maximum Gasteiger partial charge on any atom is 0.285 e. The number of halogens is 1. The van der Waals surface area contributed by atoms with Crippen molar-refractivity contribution in [2.75, 3.05) is 0 Å². The van der Waals surface area contributed by atoms with E-state index in [0.29, 0.717) is 29.8 Å². The summed E-state index contributed by atoms with van der Waals surface area (Å²) in [4.78, 5) is 16.0. The van der Waals surface area contributed by atoms with Crippen LogP contribution in [-0.4, -0.2) is 14.8 Å². The van der Waals surface area contributed by atoms with E-state index < -0.39 is 11.5 Å². The highest BCUT2D eigenvalue weighted by Crippen LogP contribution is 2.10. The molecule has 5 nitrogen and oxygen atoms in total. The molecule has 0 atom stereocenters. The summed E-state index contributed by atoms with van der Waals surface area (Å²) in [5, 5.41) is 13.5. The van der Waals surface area contributed by atoms with Gasteiger partial charge in [0.25, 0.3) is 5.56 Å². The summed E-state index contributed by atoms with van der Waals surface area (Å²) in [6.45, 7) is 3.84. The molecule has 0 aromatic carbocycles. The van der Waals surface area contributed by atoms with Crippen molar-refractivity contribution in [3.63, 3.8) is 0 Å². The quantitative estimate of drug-likeness (QED) is 0.804. The van der Waals surface area contributed by atoms with E-state index in [-0.39, 0.29) is 12.1 Å². The molecule has 108 valence electrons. The minimum Gasteiger partial charge on any atom is -0.266 e. The minimum atomic E-state index is -0.609. The molecule has 2 aromatic heterocycles. The van der Waals surface area contributed by atoms with Crippen LogP contribution in [0, 0.1) is 17.3 Å². The predicted molar refractivity (Wildman–Crippen MR) is 75.3 cm³/mol. The Hall–Kier alpha value is -2.55. The fourth-order valence-electron chi connectivity index (χ4n) is 2.23. The zero-order valence-corrected chi connectivity index (χ0v) is 11.9. The molecule has 21 heavy (non-hydrogen) atoms. The Bertz CT molecular complexity index is 761. The van der Waals surface area contributed by atoms with Gasteiger partial charge in [0.05, 0.1) is 17.9 Å². The average Bonchev–Trinajstić information content (AvgIpc) is 2.48. The molecule has 6 heteroatoms. The van der Waals surface area contributed by atoms with Crippen molar-refractivity contribution in [2.45, 2.75) is 33.2 Å². The Balaban J connectivity index is 2.55. The standard InChI is InChI=1S/C15H15FN4O/c1-3-11-12(8-17)15(21)20(19-13(11)4-2)9-10-6-5-7-14(16)18-10/h5-7H,3-4,9H2,1-2H3. The van der Waals surface area contributed by atoms with Crippen LogP contribution in [0.5, 0.6) is 0 Å². The number of nitriles is 1. The molecule has 0 aliphatic carbocycles. The number of aryl methyl sites for hydroxylation is 1. The summed E-state index contributed by atoms with van der Waals surface area (Å²) in [7, 11) is 0. The van der Waals surface area contributed by atoms with Gasteiger partial charge in [-0.25, -0.2) is 9.67 Å². The van der Waals surface area contributed by atoms with Crippen LogP contribution in [-0.2, 0) is 19.4 Å². The van der Waals surface area contributed by atoms with Gasteiger partial charge in [-0.15, -0.1) is 0 Å². The summed E-state index contributed by atoms with van der Waals surface area (Å²) >= 11 is 0. The van der Waals surface area contributed by atoms with Gasteiger partial charge in [0, 0.05) is 0 Å². The lowest BCUT2D eigenvalue weighted by Crippen LogP contribution is -2.29. The van der Waals surface area contributed by atoms with Crippen LogP contribution < -0.4 is 5.56 Å². The number of pyridine rings is 1. The third-order valence-corrected chi connectivity index (χ3v) is 3.22. The maximum atomic E-state index is 13.1. The molecule has 2 rings (SSSR count). The molecule has 0 N–H and O–H groups in total. The van der Waals surface area contributed by atoms with Gasteiger partial charge in [0.1, 0.15) is 11.6 Å². The first-order valence-electron chi connectivity index (χ1n) is 6.75. The van der Waals surface area contributed by atoms with E-state index in [4.69, 9.17) is 0 Å². The molecular weight excluding hydrogens is 271 g/mol. The molecule has 0 spiro atoms. The highest BCUT2D eigenvalue weighted by atomic mass is 19.1. The molecule has 0 aliphatic rings. The minimum absolute atomic E-state index is 0.0439. The number of rotatable bonds is 4. The third kappa shape index (κ3) is 2.97. The second-order valence-electron chi connectivity index (χ2n) is 4.53. The average molecular weight is 286 g/mol. The van der Waals surface area contributed by atoms with Gasteiger partial charge in [0.2, 0.25) is 5.95 Å². The van der Waals surface area contributed by atoms with Crippen molar-refractivity contribution < 1.29 is 4.39 Å². The largest absolute Gasteiger partial charge is 0.285 e. The molecule has 0 saturated carbocycles. The first-order chi connectivity index (χ1) is 10.1. The van der Waals surface area contributed by atoms with Crippen LogP contribution in [0.4, 0.5) is 4.39 Å². The molecule has 0 bridgehead atoms. The van der Waals surface area contributed by atoms with Crippen molar-refractivity contribution in [1.82, 2.24) is 14.8 Å². The van der Waals surface area contributed by atoms with Gasteiger partial charge in [0.15, 0.2) is 0 Å². The highest BCUT2D eigenvalue weighted by Gasteiger charge is 2.15. The van der Waals surface area contributed by atoms with Gasteiger partial charge in [-0.2, -0.15) is 14.8 Å². The van der Waals surface area contributed by atoms with Crippen molar-refractivity contribution in [1.29, 1.82) is 5.26 Å². The highest BCUT2D eigenvalue weighted by molar-refractivity contribution is 5.38. The van der Waals surface area contributed by atoms with Gasteiger partial charge < -0.3 is 0 Å². The smallest absolute Gasteiger partial charge is 0.266 e. The Morgan fingerprint density at radius 3 is 2.67 bits per heavy atom. The summed E-state index contributed by atoms with van der Waals surface area (Å²) in [5.41, 5.74) is 1.44. The van der Waals surface area contributed by atoms with Crippen LogP contribution in [0.15, 0.2) is 23.0 Å². The van der Waals surface area contributed by atoms with Crippen molar-refractivity contribution in [3.05, 3.63) is 57.0 Å². The van der Waals surface area contributed by atoms with E-state index in [0.717, 1.165) is 0 Å². The lowest BCUT2D eigenvalue weighted by Gasteiger charge is -2.11. The topological polar surface area (TPSA) is 71.6 Å². The normalized spacial score (nSPS) is 10.4. The van der Waals surface area contributed by atoms with Crippen LogP contribution in [0.3, 0.4) is 0 Å². The van der Waals surface area contributed by atoms with E-state index >= 15 is 0 Å².